The second kappa shape index (κ2) is 6.81. The number of aliphatic carboxylic acids is 1. The lowest BCUT2D eigenvalue weighted by Crippen LogP contribution is -2.45. The molecule has 0 unspecified atom stereocenters. The zero-order valence-corrected chi connectivity index (χ0v) is 13.2. The minimum Gasteiger partial charge on any atom is -0.481 e. The molecule has 0 heterocycles. The van der Waals surface area contributed by atoms with Gasteiger partial charge in [0.25, 0.3) is 0 Å². The first-order chi connectivity index (χ1) is 10.4. The Morgan fingerprint density at radius 3 is 2.64 bits per heavy atom. The lowest BCUT2D eigenvalue weighted by Gasteiger charge is -2.27. The van der Waals surface area contributed by atoms with Crippen molar-refractivity contribution in [3.63, 3.8) is 0 Å². The molecule has 22 heavy (non-hydrogen) atoms. The number of carbonyl (C=O) groups excluding carboxylic acids is 1. The Labute approximate surface area is 131 Å². The molecule has 0 atom stereocenters. The van der Waals surface area contributed by atoms with Crippen molar-refractivity contribution in [1.29, 1.82) is 0 Å². The Morgan fingerprint density at radius 2 is 2.05 bits per heavy atom. The molecule has 120 valence electrons. The Bertz CT molecular complexity index is 551. The topological polar surface area (TPSA) is 78.4 Å². The first kappa shape index (κ1) is 16.3. The number of anilines is 1. The third-order valence-corrected chi connectivity index (χ3v) is 4.14. The van der Waals surface area contributed by atoms with Crippen LogP contribution in [0.4, 0.5) is 10.5 Å². The van der Waals surface area contributed by atoms with Crippen LogP contribution in [0.3, 0.4) is 0 Å². The molecule has 0 saturated heterocycles. The van der Waals surface area contributed by atoms with E-state index in [9.17, 15) is 9.59 Å². The first-order valence-electron chi connectivity index (χ1n) is 7.77. The molecule has 0 aliphatic heterocycles. The number of benzene rings is 1. The molecule has 0 radical (unpaired) electrons. The first-order valence-corrected chi connectivity index (χ1v) is 7.77. The molecule has 1 aromatic rings. The van der Waals surface area contributed by atoms with E-state index in [0.29, 0.717) is 12.3 Å². The number of nitrogens with one attached hydrogen (secondary N) is 2. The molecule has 5 nitrogen and oxygen atoms in total. The Hall–Kier alpha value is -2.04. The largest absolute Gasteiger partial charge is 0.481 e. The molecule has 1 saturated carbocycles. The van der Waals surface area contributed by atoms with Crippen LogP contribution in [0.25, 0.3) is 0 Å². The van der Waals surface area contributed by atoms with Crippen LogP contribution in [0, 0.1) is 0 Å². The second-order valence-electron chi connectivity index (χ2n) is 6.61. The third-order valence-electron chi connectivity index (χ3n) is 4.14. The summed E-state index contributed by atoms with van der Waals surface area (Å²) in [6.07, 6.45) is 4.14. The molecule has 0 spiro atoms. The highest BCUT2D eigenvalue weighted by Gasteiger charge is 2.22. The average molecular weight is 304 g/mol. The number of carbonyl (C=O) groups is 2. The van der Waals surface area contributed by atoms with Gasteiger partial charge in [-0.1, -0.05) is 18.6 Å². The molecule has 1 fully saturated rings. The van der Waals surface area contributed by atoms with Gasteiger partial charge in [-0.2, -0.15) is 0 Å². The van der Waals surface area contributed by atoms with Gasteiger partial charge in [-0.15, -0.1) is 0 Å². The standard InChI is InChI=1S/C17H24N2O3/c1-17(2,10-9-15(20)21)19-16(22)18-14-8-4-7-13(11-14)12-5-3-6-12/h4,7-8,11-12H,3,5-6,9-10H2,1-2H3,(H,20,21)(H2,18,19,22). The zero-order valence-electron chi connectivity index (χ0n) is 13.2. The van der Waals surface area contributed by atoms with Crippen LogP contribution in [0.1, 0.15) is 57.4 Å². The summed E-state index contributed by atoms with van der Waals surface area (Å²) in [5.74, 6) is -0.236. The number of hydrogen-bond acceptors (Lipinski definition) is 2. The van der Waals surface area contributed by atoms with Gasteiger partial charge in [-0.3, -0.25) is 4.79 Å². The molecule has 1 aliphatic rings. The second-order valence-corrected chi connectivity index (χ2v) is 6.61. The van der Waals surface area contributed by atoms with E-state index in [4.69, 9.17) is 5.11 Å². The monoisotopic (exact) mass is 304 g/mol. The van der Waals surface area contributed by atoms with Crippen molar-refractivity contribution in [1.82, 2.24) is 5.32 Å². The lowest BCUT2D eigenvalue weighted by molar-refractivity contribution is -0.137. The van der Waals surface area contributed by atoms with E-state index < -0.39 is 11.5 Å². The summed E-state index contributed by atoms with van der Waals surface area (Å²) in [4.78, 5) is 22.7. The summed E-state index contributed by atoms with van der Waals surface area (Å²) in [6, 6.07) is 7.64. The fraction of sp³-hybridized carbons (Fsp3) is 0.529. The summed E-state index contributed by atoms with van der Waals surface area (Å²) in [7, 11) is 0. The van der Waals surface area contributed by atoms with Gasteiger partial charge in [0.15, 0.2) is 0 Å². The number of carboxylic acid groups (broad SMARTS) is 1. The molecule has 0 bridgehead atoms. The average Bonchev–Trinajstić information content (AvgIpc) is 2.34. The van der Waals surface area contributed by atoms with E-state index >= 15 is 0 Å². The normalized spacial score (nSPS) is 15.0. The van der Waals surface area contributed by atoms with Crippen molar-refractivity contribution in [3.05, 3.63) is 29.8 Å². The summed E-state index contributed by atoms with van der Waals surface area (Å²) in [5, 5.41) is 14.4. The van der Waals surface area contributed by atoms with E-state index in [1.807, 2.05) is 32.0 Å². The minimum absolute atomic E-state index is 0.0322. The Kier molecular flexibility index (Phi) is 5.06. The SMILES string of the molecule is CC(C)(CCC(=O)O)NC(=O)Nc1cccc(C2CCC2)c1. The van der Waals surface area contributed by atoms with Gasteiger partial charge in [0, 0.05) is 17.6 Å². The van der Waals surface area contributed by atoms with Crippen LogP contribution in [0.5, 0.6) is 0 Å². The van der Waals surface area contributed by atoms with Crippen molar-refractivity contribution < 1.29 is 14.7 Å². The molecule has 1 aromatic carbocycles. The van der Waals surface area contributed by atoms with Gasteiger partial charge in [0.2, 0.25) is 0 Å². The third kappa shape index (κ3) is 4.76. The maximum atomic E-state index is 12.1. The quantitative estimate of drug-likeness (QED) is 0.749. The molecule has 1 aliphatic carbocycles. The predicted molar refractivity (Wildman–Crippen MR) is 86.1 cm³/mol. The molecular formula is C17H24N2O3. The summed E-state index contributed by atoms with van der Waals surface area (Å²) < 4.78 is 0. The maximum Gasteiger partial charge on any atom is 0.319 e. The van der Waals surface area contributed by atoms with Crippen LogP contribution in [0.15, 0.2) is 24.3 Å². The van der Waals surface area contributed by atoms with Crippen molar-refractivity contribution in [2.24, 2.45) is 0 Å². The van der Waals surface area contributed by atoms with Gasteiger partial charge in [0.1, 0.15) is 0 Å². The van der Waals surface area contributed by atoms with E-state index in [0.717, 1.165) is 5.69 Å². The highest BCUT2D eigenvalue weighted by molar-refractivity contribution is 5.89. The zero-order chi connectivity index (χ0) is 16.2. The van der Waals surface area contributed by atoms with Gasteiger partial charge in [-0.05, 0) is 56.7 Å². The molecule has 0 aromatic heterocycles. The predicted octanol–water partition coefficient (Wildman–Crippen LogP) is 3.72. The van der Waals surface area contributed by atoms with Crippen molar-refractivity contribution in [3.8, 4) is 0 Å². The summed E-state index contributed by atoms with van der Waals surface area (Å²) in [5.41, 5.74) is 1.48. The highest BCUT2D eigenvalue weighted by Crippen LogP contribution is 2.37. The van der Waals surface area contributed by atoms with Gasteiger partial charge < -0.3 is 15.7 Å². The molecule has 3 N–H and O–H groups in total. The molecule has 2 rings (SSSR count). The van der Waals surface area contributed by atoms with Crippen molar-refractivity contribution in [2.75, 3.05) is 5.32 Å². The van der Waals surface area contributed by atoms with E-state index in [1.54, 1.807) is 0 Å². The Morgan fingerprint density at radius 1 is 1.32 bits per heavy atom. The summed E-state index contributed by atoms with van der Waals surface area (Å²) >= 11 is 0. The number of hydrogen-bond donors (Lipinski definition) is 3. The van der Waals surface area contributed by atoms with E-state index in [-0.39, 0.29) is 12.5 Å². The molecular weight excluding hydrogens is 280 g/mol. The number of urea groups is 1. The van der Waals surface area contributed by atoms with Crippen LogP contribution in [0.2, 0.25) is 0 Å². The number of rotatable bonds is 6. The molecule has 5 heteroatoms. The van der Waals surface area contributed by atoms with Gasteiger partial charge in [-0.25, -0.2) is 4.79 Å². The maximum absolute atomic E-state index is 12.1. The highest BCUT2D eigenvalue weighted by atomic mass is 16.4. The number of amides is 2. The van der Waals surface area contributed by atoms with E-state index in [1.165, 1.54) is 24.8 Å². The van der Waals surface area contributed by atoms with Crippen molar-refractivity contribution in [2.45, 2.75) is 57.4 Å². The van der Waals surface area contributed by atoms with Gasteiger partial charge >= 0.3 is 12.0 Å². The van der Waals surface area contributed by atoms with Crippen LogP contribution >= 0.6 is 0 Å². The van der Waals surface area contributed by atoms with Crippen LogP contribution in [-0.2, 0) is 4.79 Å². The number of carboxylic acids is 1. The lowest BCUT2D eigenvalue weighted by atomic mass is 9.80. The Balaban J connectivity index is 1.89. The summed E-state index contributed by atoms with van der Waals surface area (Å²) in [6.45, 7) is 3.64. The fourth-order valence-corrected chi connectivity index (χ4v) is 2.56. The fourth-order valence-electron chi connectivity index (χ4n) is 2.56. The van der Waals surface area contributed by atoms with E-state index in [2.05, 4.69) is 16.7 Å². The van der Waals surface area contributed by atoms with Crippen LogP contribution < -0.4 is 10.6 Å². The van der Waals surface area contributed by atoms with Crippen molar-refractivity contribution >= 4 is 17.7 Å². The molecule has 2 amide bonds. The smallest absolute Gasteiger partial charge is 0.319 e. The van der Waals surface area contributed by atoms with Crippen LogP contribution in [-0.4, -0.2) is 22.6 Å². The van der Waals surface area contributed by atoms with Gasteiger partial charge in [0.05, 0.1) is 0 Å². The minimum atomic E-state index is -0.858.